The van der Waals surface area contributed by atoms with Gasteiger partial charge in [-0.15, -0.1) is 0 Å². The number of anilines is 1. The molecule has 0 aliphatic heterocycles. The first kappa shape index (κ1) is 10.3. The van der Waals surface area contributed by atoms with E-state index in [2.05, 4.69) is 22.2 Å². The quantitative estimate of drug-likeness (QED) is 0.830. The van der Waals surface area contributed by atoms with Gasteiger partial charge in [-0.05, 0) is 26.7 Å². The fraction of sp³-hybridized carbons (Fsp3) is 0.636. The zero-order valence-electron chi connectivity index (χ0n) is 9.39. The van der Waals surface area contributed by atoms with Gasteiger partial charge in [0.1, 0.15) is 5.82 Å². The van der Waals surface area contributed by atoms with Gasteiger partial charge in [0.05, 0.1) is 5.69 Å². The largest absolute Gasteiger partial charge is 0.368 e. The van der Waals surface area contributed by atoms with Gasteiger partial charge < -0.3 is 5.32 Å². The second kappa shape index (κ2) is 3.43. The molecule has 1 aliphatic rings. The Kier molecular flexibility index (Phi) is 2.37. The summed E-state index contributed by atoms with van der Waals surface area (Å²) >= 11 is 0. The monoisotopic (exact) mass is 209 g/mol. The van der Waals surface area contributed by atoms with Gasteiger partial charge >= 0.3 is 0 Å². The first-order chi connectivity index (χ1) is 7.07. The molecule has 1 aromatic heterocycles. The van der Waals surface area contributed by atoms with Crippen molar-refractivity contribution in [3.8, 4) is 0 Å². The fourth-order valence-electron chi connectivity index (χ4n) is 1.52. The molecule has 1 heterocycles. The van der Waals surface area contributed by atoms with Crippen LogP contribution in [0.1, 0.15) is 38.2 Å². The van der Waals surface area contributed by atoms with E-state index in [0.29, 0.717) is 18.1 Å². The number of aromatic nitrogens is 2. The van der Waals surface area contributed by atoms with Gasteiger partial charge in [-0.25, -0.2) is 14.4 Å². The molecule has 0 bridgehead atoms. The van der Waals surface area contributed by atoms with E-state index in [1.807, 2.05) is 6.92 Å². The molecule has 0 saturated heterocycles. The van der Waals surface area contributed by atoms with Crippen LogP contribution in [0.25, 0.3) is 0 Å². The van der Waals surface area contributed by atoms with Crippen molar-refractivity contribution in [3.63, 3.8) is 0 Å². The van der Waals surface area contributed by atoms with E-state index < -0.39 is 0 Å². The summed E-state index contributed by atoms with van der Waals surface area (Å²) in [5.41, 5.74) is 0.520. The third kappa shape index (κ3) is 1.80. The number of nitrogens with zero attached hydrogens (tertiary/aromatic N) is 2. The molecule has 2 rings (SSSR count). The average molecular weight is 209 g/mol. The Balaban J connectivity index is 2.41. The number of hydrogen-bond acceptors (Lipinski definition) is 3. The number of rotatable bonds is 3. The molecule has 82 valence electrons. The average Bonchev–Trinajstić information content (AvgIpc) is 2.93. The van der Waals surface area contributed by atoms with Gasteiger partial charge in [0.25, 0.3) is 0 Å². The van der Waals surface area contributed by atoms with Gasteiger partial charge in [-0.3, -0.25) is 0 Å². The summed E-state index contributed by atoms with van der Waals surface area (Å²) < 4.78 is 13.6. The van der Waals surface area contributed by atoms with E-state index >= 15 is 0 Å². The van der Waals surface area contributed by atoms with Crippen LogP contribution in [-0.4, -0.2) is 16.5 Å². The number of aryl methyl sites for hydroxylation is 1. The van der Waals surface area contributed by atoms with Crippen molar-refractivity contribution in [2.75, 3.05) is 11.9 Å². The standard InChI is InChI=1S/C11H16FN3/c1-4-13-9-8(12)7(2)14-10(15-9)11(3)5-6-11/h4-6H2,1-3H3,(H,13,14,15). The zero-order chi connectivity index (χ0) is 11.1. The summed E-state index contributed by atoms with van der Waals surface area (Å²) in [5, 5.41) is 2.93. The van der Waals surface area contributed by atoms with E-state index in [0.717, 1.165) is 18.7 Å². The molecule has 0 amide bonds. The third-order valence-electron chi connectivity index (χ3n) is 2.90. The predicted molar refractivity (Wildman–Crippen MR) is 57.5 cm³/mol. The molecule has 0 aromatic carbocycles. The van der Waals surface area contributed by atoms with E-state index in [1.54, 1.807) is 6.92 Å². The Morgan fingerprint density at radius 3 is 2.60 bits per heavy atom. The van der Waals surface area contributed by atoms with Gasteiger partial charge in [-0.2, -0.15) is 0 Å². The van der Waals surface area contributed by atoms with Crippen LogP contribution in [0.15, 0.2) is 0 Å². The van der Waals surface area contributed by atoms with Crippen molar-refractivity contribution < 1.29 is 4.39 Å². The number of nitrogens with one attached hydrogen (secondary N) is 1. The topological polar surface area (TPSA) is 37.8 Å². The molecule has 0 atom stereocenters. The Morgan fingerprint density at radius 2 is 2.07 bits per heavy atom. The lowest BCUT2D eigenvalue weighted by Gasteiger charge is -2.12. The van der Waals surface area contributed by atoms with Gasteiger partial charge in [0.15, 0.2) is 11.6 Å². The molecule has 1 aromatic rings. The lowest BCUT2D eigenvalue weighted by atomic mass is 10.1. The predicted octanol–water partition coefficient (Wildman–Crippen LogP) is 2.41. The normalized spacial score (nSPS) is 17.6. The second-order valence-corrected chi connectivity index (χ2v) is 4.39. The van der Waals surface area contributed by atoms with Crippen LogP contribution >= 0.6 is 0 Å². The van der Waals surface area contributed by atoms with Gasteiger partial charge in [0.2, 0.25) is 0 Å². The lowest BCUT2D eigenvalue weighted by molar-refractivity contribution is 0.589. The highest BCUT2D eigenvalue weighted by atomic mass is 19.1. The summed E-state index contributed by atoms with van der Waals surface area (Å²) in [6, 6.07) is 0. The first-order valence-corrected chi connectivity index (χ1v) is 5.35. The highest BCUT2D eigenvalue weighted by Gasteiger charge is 2.42. The van der Waals surface area contributed by atoms with E-state index in [1.165, 1.54) is 0 Å². The molecule has 4 heteroatoms. The molecular weight excluding hydrogens is 193 g/mol. The molecule has 1 saturated carbocycles. The Hall–Kier alpha value is -1.19. The highest BCUT2D eigenvalue weighted by Crippen LogP contribution is 2.46. The molecular formula is C11H16FN3. The lowest BCUT2D eigenvalue weighted by Crippen LogP contribution is -2.13. The Bertz CT molecular complexity index is 386. The summed E-state index contributed by atoms with van der Waals surface area (Å²) in [5.74, 6) is 0.787. The van der Waals surface area contributed by atoms with Crippen molar-refractivity contribution >= 4 is 5.82 Å². The van der Waals surface area contributed by atoms with Crippen molar-refractivity contribution in [1.82, 2.24) is 9.97 Å². The molecule has 1 fully saturated rings. The SMILES string of the molecule is CCNc1nc(C2(C)CC2)nc(C)c1F. The number of hydrogen-bond donors (Lipinski definition) is 1. The van der Waals surface area contributed by atoms with Crippen LogP contribution in [-0.2, 0) is 5.41 Å². The fourth-order valence-corrected chi connectivity index (χ4v) is 1.52. The molecule has 15 heavy (non-hydrogen) atoms. The van der Waals surface area contributed by atoms with Crippen LogP contribution in [0.2, 0.25) is 0 Å². The molecule has 1 aliphatic carbocycles. The summed E-state index contributed by atoms with van der Waals surface area (Å²) in [7, 11) is 0. The van der Waals surface area contributed by atoms with Gasteiger partial charge in [0, 0.05) is 12.0 Å². The zero-order valence-corrected chi connectivity index (χ0v) is 9.39. The van der Waals surface area contributed by atoms with Crippen LogP contribution < -0.4 is 5.32 Å². The van der Waals surface area contributed by atoms with Crippen LogP contribution in [0.3, 0.4) is 0 Å². The summed E-state index contributed by atoms with van der Waals surface area (Å²) in [6.45, 7) is 6.40. The molecule has 1 N–H and O–H groups in total. The van der Waals surface area contributed by atoms with Gasteiger partial charge in [-0.1, -0.05) is 6.92 Å². The van der Waals surface area contributed by atoms with E-state index in [4.69, 9.17) is 0 Å². The third-order valence-corrected chi connectivity index (χ3v) is 2.90. The maximum absolute atomic E-state index is 13.6. The maximum Gasteiger partial charge on any atom is 0.186 e. The maximum atomic E-state index is 13.6. The second-order valence-electron chi connectivity index (χ2n) is 4.39. The number of halogens is 1. The minimum atomic E-state index is -0.329. The molecule has 0 spiro atoms. The highest BCUT2D eigenvalue weighted by molar-refractivity contribution is 5.39. The van der Waals surface area contributed by atoms with Crippen molar-refractivity contribution in [2.24, 2.45) is 0 Å². The smallest absolute Gasteiger partial charge is 0.186 e. The van der Waals surface area contributed by atoms with Crippen LogP contribution in [0.5, 0.6) is 0 Å². The van der Waals surface area contributed by atoms with Crippen molar-refractivity contribution in [1.29, 1.82) is 0 Å². The van der Waals surface area contributed by atoms with Crippen molar-refractivity contribution in [3.05, 3.63) is 17.3 Å². The van der Waals surface area contributed by atoms with E-state index in [-0.39, 0.29) is 11.2 Å². The minimum Gasteiger partial charge on any atom is -0.368 e. The van der Waals surface area contributed by atoms with Crippen LogP contribution in [0, 0.1) is 12.7 Å². The molecule has 0 unspecified atom stereocenters. The van der Waals surface area contributed by atoms with Crippen molar-refractivity contribution in [2.45, 2.75) is 39.0 Å². The van der Waals surface area contributed by atoms with Crippen LogP contribution in [0.4, 0.5) is 10.2 Å². The van der Waals surface area contributed by atoms with E-state index in [9.17, 15) is 4.39 Å². The first-order valence-electron chi connectivity index (χ1n) is 5.35. The summed E-state index contributed by atoms with van der Waals surface area (Å²) in [6.07, 6.45) is 2.20. The molecule has 3 nitrogen and oxygen atoms in total. The molecule has 0 radical (unpaired) electrons. The summed E-state index contributed by atoms with van der Waals surface area (Å²) in [4.78, 5) is 8.48. The minimum absolute atomic E-state index is 0.0859. The Morgan fingerprint density at radius 1 is 1.40 bits per heavy atom. The Labute approximate surface area is 89.1 Å².